The van der Waals surface area contributed by atoms with Crippen LogP contribution in [0.1, 0.15) is 0 Å². The fourth-order valence-electron chi connectivity index (χ4n) is 3.65. The zero-order valence-corrected chi connectivity index (χ0v) is 19.3. The number of hydrogen-bond donors (Lipinski definition) is 4. The van der Waals surface area contributed by atoms with E-state index in [-0.39, 0.29) is 11.5 Å². The topological polar surface area (TPSA) is 89.2 Å². The van der Waals surface area contributed by atoms with Gasteiger partial charge in [0.05, 0.1) is 22.7 Å². The van der Waals surface area contributed by atoms with Crippen LogP contribution in [0.15, 0.2) is 132 Å². The zero-order valence-electron chi connectivity index (χ0n) is 19.3. The van der Waals surface area contributed by atoms with Gasteiger partial charge in [-0.3, -0.25) is 0 Å². The first-order valence-electron chi connectivity index (χ1n) is 11.5. The molecule has 5 aromatic carbocycles. The maximum Gasteiger partial charge on any atom is 0.115 e. The molecule has 6 nitrogen and oxygen atoms in total. The number of phenols is 2. The third kappa shape index (κ3) is 5.69. The number of azo groups is 1. The number of nitrogens with zero attached hydrogens (tertiary/aromatic N) is 2. The fourth-order valence-corrected chi connectivity index (χ4v) is 3.65. The van der Waals surface area contributed by atoms with Crippen LogP contribution in [0.5, 0.6) is 11.5 Å². The summed E-state index contributed by atoms with van der Waals surface area (Å²) < 4.78 is 0. The highest BCUT2D eigenvalue weighted by molar-refractivity contribution is 5.72. The molecule has 6 heteroatoms. The minimum atomic E-state index is 0.206. The largest absolute Gasteiger partial charge is 0.508 e. The molecule has 5 aromatic rings. The molecule has 0 aliphatic heterocycles. The maximum absolute atomic E-state index is 9.37. The van der Waals surface area contributed by atoms with Crippen LogP contribution in [0.4, 0.5) is 22.7 Å². The molecule has 4 N–H and O–H groups in total. The Balaban J connectivity index is 1.21. The molecule has 176 valence electrons. The Morgan fingerprint density at radius 2 is 0.639 bits per heavy atom. The van der Waals surface area contributed by atoms with Crippen molar-refractivity contribution in [1.29, 1.82) is 0 Å². The molecule has 36 heavy (non-hydrogen) atoms. The van der Waals surface area contributed by atoms with Crippen molar-refractivity contribution in [1.82, 2.24) is 0 Å². The number of nitrogens with one attached hydrogen (secondary N) is 2. The second-order valence-electron chi connectivity index (χ2n) is 8.21. The fraction of sp³-hybridized carbons (Fsp3) is 0. The summed E-state index contributed by atoms with van der Waals surface area (Å²) in [5.41, 5.74) is 14.0. The van der Waals surface area contributed by atoms with Gasteiger partial charge in [0, 0.05) is 0 Å². The normalized spacial score (nSPS) is 10.9. The van der Waals surface area contributed by atoms with Crippen LogP contribution >= 0.6 is 0 Å². The van der Waals surface area contributed by atoms with Gasteiger partial charge in [0.2, 0.25) is 0 Å². The van der Waals surface area contributed by atoms with E-state index in [2.05, 4.69) is 57.5 Å². The van der Waals surface area contributed by atoms with Gasteiger partial charge in [-0.25, -0.2) is 0 Å². The Labute approximate surface area is 209 Å². The summed E-state index contributed by atoms with van der Waals surface area (Å²) >= 11 is 0. The van der Waals surface area contributed by atoms with E-state index >= 15 is 0 Å². The molecule has 0 amide bonds. The lowest BCUT2D eigenvalue weighted by molar-refractivity contribution is 0.475. The summed E-state index contributed by atoms with van der Waals surface area (Å²) in [5, 5.41) is 27.2. The van der Waals surface area contributed by atoms with Gasteiger partial charge in [0.15, 0.2) is 0 Å². The third-order valence-corrected chi connectivity index (χ3v) is 5.65. The predicted molar refractivity (Wildman–Crippen MR) is 145 cm³/mol. The van der Waals surface area contributed by atoms with Crippen LogP contribution in [0.2, 0.25) is 0 Å². The van der Waals surface area contributed by atoms with E-state index in [4.69, 9.17) is 0 Å². The first-order chi connectivity index (χ1) is 17.6. The molecule has 0 bridgehead atoms. The SMILES string of the molecule is Oc1ccc(/N=N/c2ccc(-c3ccc(-c4ccc(NNc5ccc(O)cc5)cc4)cc3)cc2)cc1. The molecule has 0 unspecified atom stereocenters. The van der Waals surface area contributed by atoms with Gasteiger partial charge in [-0.05, 0) is 95.1 Å². The number of rotatable bonds is 7. The Kier molecular flexibility index (Phi) is 6.58. The summed E-state index contributed by atoms with van der Waals surface area (Å²) in [5.74, 6) is 0.444. The summed E-state index contributed by atoms with van der Waals surface area (Å²) in [6.07, 6.45) is 0. The van der Waals surface area contributed by atoms with Crippen molar-refractivity contribution in [2.45, 2.75) is 0 Å². The van der Waals surface area contributed by atoms with Crippen LogP contribution in [-0.4, -0.2) is 10.2 Å². The second-order valence-corrected chi connectivity index (χ2v) is 8.21. The van der Waals surface area contributed by atoms with Crippen molar-refractivity contribution in [3.63, 3.8) is 0 Å². The van der Waals surface area contributed by atoms with Crippen LogP contribution in [0, 0.1) is 0 Å². The minimum Gasteiger partial charge on any atom is -0.508 e. The van der Waals surface area contributed by atoms with Crippen molar-refractivity contribution in [3.05, 3.63) is 121 Å². The van der Waals surface area contributed by atoms with Crippen molar-refractivity contribution in [3.8, 4) is 33.8 Å². The molecule has 5 rings (SSSR count). The average molecular weight is 473 g/mol. The van der Waals surface area contributed by atoms with Crippen LogP contribution in [0.3, 0.4) is 0 Å². The minimum absolute atomic E-state index is 0.206. The van der Waals surface area contributed by atoms with Crippen LogP contribution in [0.25, 0.3) is 22.3 Å². The monoisotopic (exact) mass is 472 g/mol. The van der Waals surface area contributed by atoms with Crippen LogP contribution in [-0.2, 0) is 0 Å². The molecule has 0 aliphatic carbocycles. The third-order valence-electron chi connectivity index (χ3n) is 5.65. The van der Waals surface area contributed by atoms with Gasteiger partial charge < -0.3 is 21.1 Å². The highest BCUT2D eigenvalue weighted by atomic mass is 16.3. The molecule has 0 fully saturated rings. The summed E-state index contributed by atoms with van der Waals surface area (Å²) in [7, 11) is 0. The second kappa shape index (κ2) is 10.4. The van der Waals surface area contributed by atoms with Crippen molar-refractivity contribution >= 4 is 22.7 Å². The van der Waals surface area contributed by atoms with Crippen molar-refractivity contribution in [2.24, 2.45) is 10.2 Å². The Bertz CT molecular complexity index is 1440. The van der Waals surface area contributed by atoms with E-state index in [9.17, 15) is 10.2 Å². The smallest absolute Gasteiger partial charge is 0.115 e. The molecule has 0 radical (unpaired) electrons. The van der Waals surface area contributed by atoms with Gasteiger partial charge >= 0.3 is 0 Å². The lowest BCUT2D eigenvalue weighted by Crippen LogP contribution is -2.07. The summed E-state index contributed by atoms with van der Waals surface area (Å²) in [6.45, 7) is 0. The molecule has 0 heterocycles. The maximum atomic E-state index is 9.37. The molecular formula is C30H24N4O2. The number of hydrogen-bond acceptors (Lipinski definition) is 6. The Morgan fingerprint density at radius 1 is 0.361 bits per heavy atom. The summed E-state index contributed by atoms with van der Waals surface area (Å²) in [6, 6.07) is 38.0. The van der Waals surface area contributed by atoms with E-state index in [1.807, 2.05) is 36.4 Å². The highest BCUT2D eigenvalue weighted by Gasteiger charge is 2.02. The number of aromatic hydroxyl groups is 2. The highest BCUT2D eigenvalue weighted by Crippen LogP contribution is 2.28. The molecule has 0 spiro atoms. The predicted octanol–water partition coefficient (Wildman–Crippen LogP) is 8.29. The molecule has 0 saturated heterocycles. The quantitative estimate of drug-likeness (QED) is 0.109. The van der Waals surface area contributed by atoms with Crippen molar-refractivity contribution < 1.29 is 10.2 Å². The Morgan fingerprint density at radius 3 is 1.06 bits per heavy atom. The molecule has 0 aromatic heterocycles. The standard InChI is InChI=1S/C30H24N4O2/c35-29-17-13-27(14-18-29)33-31-25-9-5-23(6-10-25)21-1-2-22(4-3-21)24-7-11-26(12-8-24)32-34-28-15-19-30(36)20-16-28/h1-20,31,33,35-36H/b34-32+. The number of benzene rings is 5. The van der Waals surface area contributed by atoms with Crippen LogP contribution < -0.4 is 10.9 Å². The van der Waals surface area contributed by atoms with E-state index in [0.717, 1.165) is 39.3 Å². The van der Waals surface area contributed by atoms with E-state index < -0.39 is 0 Å². The van der Waals surface area contributed by atoms with E-state index in [1.54, 1.807) is 48.5 Å². The molecular weight excluding hydrogens is 448 g/mol. The van der Waals surface area contributed by atoms with Gasteiger partial charge in [-0.2, -0.15) is 10.2 Å². The lowest BCUT2D eigenvalue weighted by Gasteiger charge is -2.11. The first kappa shape index (κ1) is 22.7. The van der Waals surface area contributed by atoms with Gasteiger partial charge in [-0.1, -0.05) is 48.5 Å². The Hall–Kier alpha value is -5.10. The van der Waals surface area contributed by atoms with Gasteiger partial charge in [0.25, 0.3) is 0 Å². The van der Waals surface area contributed by atoms with E-state index in [0.29, 0.717) is 5.69 Å². The summed E-state index contributed by atoms with van der Waals surface area (Å²) in [4.78, 5) is 0. The van der Waals surface area contributed by atoms with E-state index in [1.165, 1.54) is 0 Å². The molecule has 0 atom stereocenters. The average Bonchev–Trinajstić information content (AvgIpc) is 2.93. The van der Waals surface area contributed by atoms with Crippen molar-refractivity contribution in [2.75, 3.05) is 10.9 Å². The first-order valence-corrected chi connectivity index (χ1v) is 11.5. The number of phenolic OH excluding ortho intramolecular Hbond substituents is 2. The number of anilines is 2. The number of hydrazine groups is 1. The van der Waals surface area contributed by atoms with Gasteiger partial charge in [0.1, 0.15) is 11.5 Å². The zero-order chi connectivity index (χ0) is 24.7. The molecule has 0 aliphatic rings. The molecule has 0 saturated carbocycles. The lowest BCUT2D eigenvalue weighted by atomic mass is 10.00. The van der Waals surface area contributed by atoms with Gasteiger partial charge in [-0.15, -0.1) is 0 Å².